The highest BCUT2D eigenvalue weighted by atomic mass is 16.2. The van der Waals surface area contributed by atoms with Crippen molar-refractivity contribution in [3.63, 3.8) is 0 Å². The quantitative estimate of drug-likeness (QED) is 0.939. The van der Waals surface area contributed by atoms with Gasteiger partial charge in [0.2, 0.25) is 11.9 Å². The fraction of sp³-hybridized carbons (Fsp3) is 0.471. The van der Waals surface area contributed by atoms with Gasteiger partial charge in [-0.2, -0.15) is 10.1 Å². The van der Waals surface area contributed by atoms with Crippen LogP contribution in [0.3, 0.4) is 0 Å². The molecule has 2 N–H and O–H groups in total. The number of nitrogen functional groups attached to an aromatic ring is 1. The Morgan fingerprint density at radius 3 is 2.78 bits per heavy atom. The lowest BCUT2D eigenvalue weighted by Gasteiger charge is -2.22. The number of aryl methyl sites for hydroxylation is 3. The molecule has 0 bridgehead atoms. The number of anilines is 1. The number of benzene rings is 1. The molecule has 6 heteroatoms. The van der Waals surface area contributed by atoms with Gasteiger partial charge in [0, 0.05) is 13.6 Å². The first kappa shape index (κ1) is 15.5. The summed E-state index contributed by atoms with van der Waals surface area (Å²) in [5.41, 5.74) is 9.28. The molecule has 1 aliphatic rings. The van der Waals surface area contributed by atoms with Crippen molar-refractivity contribution >= 4 is 11.9 Å². The topological polar surface area (TPSA) is 77.0 Å². The maximum atomic E-state index is 12.7. The molecule has 1 unspecified atom stereocenters. The Labute approximate surface area is 136 Å². The molecule has 1 fully saturated rings. The molecular formula is C17H23N5O. The molecule has 122 valence electrons. The molecule has 3 rings (SSSR count). The fourth-order valence-electron chi connectivity index (χ4n) is 3.08. The molecule has 1 aliphatic heterocycles. The van der Waals surface area contributed by atoms with Crippen LogP contribution in [0, 0.1) is 13.8 Å². The molecule has 2 aromatic rings. The van der Waals surface area contributed by atoms with E-state index in [0.29, 0.717) is 18.2 Å². The summed E-state index contributed by atoms with van der Waals surface area (Å²) in [6, 6.07) is 6.13. The van der Waals surface area contributed by atoms with Crippen LogP contribution < -0.4 is 5.73 Å². The Morgan fingerprint density at radius 1 is 1.35 bits per heavy atom. The zero-order valence-electron chi connectivity index (χ0n) is 13.9. The smallest absolute Gasteiger partial charge is 0.227 e. The van der Waals surface area contributed by atoms with Crippen LogP contribution in [0.15, 0.2) is 18.2 Å². The summed E-state index contributed by atoms with van der Waals surface area (Å²) >= 11 is 0. The number of hydrogen-bond donors (Lipinski definition) is 1. The highest BCUT2D eigenvalue weighted by molar-refractivity contribution is 5.79. The van der Waals surface area contributed by atoms with Gasteiger partial charge >= 0.3 is 0 Å². The number of rotatable bonds is 3. The Kier molecular flexibility index (Phi) is 4.07. The maximum absolute atomic E-state index is 12.7. The van der Waals surface area contributed by atoms with Crippen LogP contribution >= 0.6 is 0 Å². The van der Waals surface area contributed by atoms with Crippen molar-refractivity contribution in [2.45, 2.75) is 39.2 Å². The standard InChI is InChI=1S/C17H23N5O/c1-11-6-7-13(9-12(11)2)10-15(23)22-8-4-5-14(22)16-19-17(18)21(3)20-16/h6-7,9,14H,4-5,8,10H2,1-3H3,(H2,18,19,20). The first-order valence-electron chi connectivity index (χ1n) is 7.97. The number of hydrogen-bond acceptors (Lipinski definition) is 4. The number of amides is 1. The summed E-state index contributed by atoms with van der Waals surface area (Å²) in [5.74, 6) is 1.16. The minimum atomic E-state index is -0.0578. The second-order valence-corrected chi connectivity index (χ2v) is 6.29. The molecule has 1 aromatic carbocycles. The largest absolute Gasteiger partial charge is 0.368 e. The SMILES string of the molecule is Cc1ccc(CC(=O)N2CCCC2c2nc(N)n(C)n2)cc1C. The second kappa shape index (κ2) is 6.02. The molecule has 0 radical (unpaired) electrons. The van der Waals surface area contributed by atoms with Gasteiger partial charge in [0.05, 0.1) is 12.5 Å². The van der Waals surface area contributed by atoms with E-state index in [2.05, 4.69) is 36.1 Å². The van der Waals surface area contributed by atoms with E-state index < -0.39 is 0 Å². The summed E-state index contributed by atoms with van der Waals surface area (Å²) in [4.78, 5) is 18.9. The Balaban J connectivity index is 1.76. The minimum Gasteiger partial charge on any atom is -0.368 e. The average Bonchev–Trinajstić information content (AvgIpc) is 3.10. The molecular weight excluding hydrogens is 290 g/mol. The van der Waals surface area contributed by atoms with Crippen LogP contribution in [0.4, 0.5) is 5.95 Å². The van der Waals surface area contributed by atoms with E-state index in [1.165, 1.54) is 11.1 Å². The Bertz CT molecular complexity index is 717. The van der Waals surface area contributed by atoms with Crippen LogP contribution in [0.2, 0.25) is 0 Å². The monoisotopic (exact) mass is 313 g/mol. The van der Waals surface area contributed by atoms with E-state index >= 15 is 0 Å². The summed E-state index contributed by atoms with van der Waals surface area (Å²) in [5, 5.41) is 4.34. The van der Waals surface area contributed by atoms with Gasteiger partial charge in [-0.1, -0.05) is 18.2 Å². The molecule has 1 saturated heterocycles. The molecule has 2 heterocycles. The molecule has 1 atom stereocenters. The van der Waals surface area contributed by atoms with Crippen molar-refractivity contribution in [1.29, 1.82) is 0 Å². The van der Waals surface area contributed by atoms with E-state index in [-0.39, 0.29) is 11.9 Å². The lowest BCUT2D eigenvalue weighted by molar-refractivity contribution is -0.131. The van der Waals surface area contributed by atoms with E-state index in [1.54, 1.807) is 11.7 Å². The van der Waals surface area contributed by atoms with Crippen LogP contribution in [0.1, 0.15) is 41.4 Å². The summed E-state index contributed by atoms with van der Waals surface area (Å²) in [6.45, 7) is 4.91. The first-order valence-corrected chi connectivity index (χ1v) is 7.97. The number of carbonyl (C=O) groups excluding carboxylic acids is 1. The highest BCUT2D eigenvalue weighted by Gasteiger charge is 2.32. The number of nitrogens with two attached hydrogens (primary N) is 1. The lowest BCUT2D eigenvalue weighted by Crippen LogP contribution is -2.32. The van der Waals surface area contributed by atoms with Crippen LogP contribution in [-0.2, 0) is 18.3 Å². The van der Waals surface area contributed by atoms with Crippen molar-refractivity contribution < 1.29 is 4.79 Å². The van der Waals surface area contributed by atoms with Crippen LogP contribution in [-0.4, -0.2) is 32.1 Å². The summed E-state index contributed by atoms with van der Waals surface area (Å²) in [7, 11) is 1.77. The van der Waals surface area contributed by atoms with E-state index in [9.17, 15) is 4.79 Å². The third kappa shape index (κ3) is 3.06. The Morgan fingerprint density at radius 2 is 2.13 bits per heavy atom. The molecule has 0 spiro atoms. The van der Waals surface area contributed by atoms with Crippen molar-refractivity contribution in [3.8, 4) is 0 Å². The Hall–Kier alpha value is -2.37. The van der Waals surface area contributed by atoms with E-state index in [1.807, 2.05) is 11.0 Å². The predicted molar refractivity (Wildman–Crippen MR) is 88.7 cm³/mol. The zero-order valence-corrected chi connectivity index (χ0v) is 13.9. The molecule has 0 saturated carbocycles. The van der Waals surface area contributed by atoms with Crippen molar-refractivity contribution in [1.82, 2.24) is 19.7 Å². The normalized spacial score (nSPS) is 17.7. The van der Waals surface area contributed by atoms with Crippen molar-refractivity contribution in [3.05, 3.63) is 40.7 Å². The first-order chi connectivity index (χ1) is 11.0. The molecule has 0 aliphatic carbocycles. The van der Waals surface area contributed by atoms with E-state index in [0.717, 1.165) is 24.9 Å². The number of aromatic nitrogens is 3. The van der Waals surface area contributed by atoms with Crippen molar-refractivity contribution in [2.24, 2.45) is 7.05 Å². The van der Waals surface area contributed by atoms with Gasteiger partial charge in [0.15, 0.2) is 5.82 Å². The van der Waals surface area contributed by atoms with Crippen molar-refractivity contribution in [2.75, 3.05) is 12.3 Å². The molecule has 1 aromatic heterocycles. The van der Waals surface area contributed by atoms with Crippen LogP contribution in [0.25, 0.3) is 0 Å². The fourth-order valence-corrected chi connectivity index (χ4v) is 3.08. The molecule has 23 heavy (non-hydrogen) atoms. The number of carbonyl (C=O) groups is 1. The number of likely N-dealkylation sites (tertiary alicyclic amines) is 1. The zero-order chi connectivity index (χ0) is 16.6. The number of nitrogens with zero attached hydrogens (tertiary/aromatic N) is 4. The summed E-state index contributed by atoms with van der Waals surface area (Å²) in [6.07, 6.45) is 2.28. The van der Waals surface area contributed by atoms with Gasteiger partial charge in [-0.05, 0) is 43.4 Å². The molecule has 1 amide bonds. The molecule has 6 nitrogen and oxygen atoms in total. The second-order valence-electron chi connectivity index (χ2n) is 6.29. The maximum Gasteiger partial charge on any atom is 0.227 e. The van der Waals surface area contributed by atoms with E-state index in [4.69, 9.17) is 5.73 Å². The lowest BCUT2D eigenvalue weighted by atomic mass is 10.0. The summed E-state index contributed by atoms with van der Waals surface area (Å²) < 4.78 is 1.56. The average molecular weight is 313 g/mol. The third-order valence-corrected chi connectivity index (χ3v) is 4.61. The van der Waals surface area contributed by atoms with Gasteiger partial charge in [0.25, 0.3) is 0 Å². The van der Waals surface area contributed by atoms with Gasteiger partial charge < -0.3 is 10.6 Å². The predicted octanol–water partition coefficient (Wildman–Crippen LogP) is 1.92. The van der Waals surface area contributed by atoms with Gasteiger partial charge in [-0.15, -0.1) is 0 Å². The minimum absolute atomic E-state index is 0.0578. The van der Waals surface area contributed by atoms with Gasteiger partial charge in [0.1, 0.15) is 0 Å². The highest BCUT2D eigenvalue weighted by Crippen LogP contribution is 2.31. The van der Waals surface area contributed by atoms with Gasteiger partial charge in [-0.3, -0.25) is 4.79 Å². The van der Waals surface area contributed by atoms with Gasteiger partial charge in [-0.25, -0.2) is 4.68 Å². The third-order valence-electron chi connectivity index (χ3n) is 4.61. The van der Waals surface area contributed by atoms with Crippen LogP contribution in [0.5, 0.6) is 0 Å².